The van der Waals surface area contributed by atoms with Crippen molar-refractivity contribution in [2.24, 2.45) is 0 Å². The monoisotopic (exact) mass is 389 g/mol. The summed E-state index contributed by atoms with van der Waals surface area (Å²) in [5.41, 5.74) is 3.01. The number of anilines is 1. The summed E-state index contributed by atoms with van der Waals surface area (Å²) in [7, 11) is 0. The van der Waals surface area contributed by atoms with Crippen molar-refractivity contribution in [2.75, 3.05) is 25.1 Å². The van der Waals surface area contributed by atoms with Gasteiger partial charge in [0.05, 0.1) is 37.2 Å². The number of halogens is 2. The molecule has 1 aromatic carbocycles. The number of carbonyl (C=O) groups is 1. The van der Waals surface area contributed by atoms with Crippen LogP contribution in [0.3, 0.4) is 0 Å². The highest BCUT2D eigenvalue weighted by atomic mass is 79.9. The van der Waals surface area contributed by atoms with E-state index in [1.807, 2.05) is 6.07 Å². The second kappa shape index (κ2) is 5.52. The Balaban J connectivity index is 1.88. The van der Waals surface area contributed by atoms with Gasteiger partial charge in [0.1, 0.15) is 0 Å². The van der Waals surface area contributed by atoms with Crippen LogP contribution < -0.4 is 5.32 Å². The second-order valence-corrected chi connectivity index (χ2v) is 6.48. The third-order valence-electron chi connectivity index (χ3n) is 3.31. The van der Waals surface area contributed by atoms with E-state index in [9.17, 15) is 4.79 Å². The van der Waals surface area contributed by atoms with Crippen LogP contribution in [0.2, 0.25) is 0 Å². The van der Waals surface area contributed by atoms with Gasteiger partial charge < -0.3 is 14.8 Å². The third kappa shape index (κ3) is 2.72. The van der Waals surface area contributed by atoms with Crippen LogP contribution in [0.25, 0.3) is 0 Å². The molecule has 4 nitrogen and oxygen atoms in total. The zero-order chi connectivity index (χ0) is 13.4. The molecule has 1 fully saturated rings. The van der Waals surface area contributed by atoms with Crippen molar-refractivity contribution in [2.45, 2.75) is 17.4 Å². The first-order chi connectivity index (χ1) is 9.15. The van der Waals surface area contributed by atoms with Gasteiger partial charge in [0.15, 0.2) is 0 Å². The maximum Gasteiger partial charge on any atom is 0.228 e. The number of ether oxygens (including phenoxy) is 2. The van der Waals surface area contributed by atoms with E-state index in [0.717, 1.165) is 21.3 Å². The van der Waals surface area contributed by atoms with Gasteiger partial charge in [-0.1, -0.05) is 37.9 Å². The lowest BCUT2D eigenvalue weighted by Crippen LogP contribution is -2.31. The number of alkyl halides is 1. The van der Waals surface area contributed by atoms with Gasteiger partial charge >= 0.3 is 0 Å². The van der Waals surface area contributed by atoms with Gasteiger partial charge in [-0.25, -0.2) is 0 Å². The van der Waals surface area contributed by atoms with E-state index in [4.69, 9.17) is 9.47 Å². The first-order valence-corrected chi connectivity index (χ1v) is 7.81. The molecule has 0 bridgehead atoms. The van der Waals surface area contributed by atoms with Crippen LogP contribution in [0.5, 0.6) is 0 Å². The normalized spacial score (nSPS) is 23.9. The van der Waals surface area contributed by atoms with Gasteiger partial charge in [0.2, 0.25) is 5.91 Å². The first kappa shape index (κ1) is 13.5. The average molecular weight is 391 g/mol. The summed E-state index contributed by atoms with van der Waals surface area (Å²) in [4.78, 5) is 11.5. The van der Waals surface area contributed by atoms with E-state index in [1.165, 1.54) is 0 Å². The number of hydrogen-bond donors (Lipinski definition) is 1. The maximum atomic E-state index is 11.4. The SMILES string of the molecule is O=C1Cc2cc(C(Br)C3COCCO3)c(Br)cc2N1. The number of fused-ring (bicyclic) bond motifs is 1. The molecule has 0 aromatic heterocycles. The minimum atomic E-state index is -0.00633. The average Bonchev–Trinajstić information content (AvgIpc) is 2.77. The van der Waals surface area contributed by atoms with Crippen LogP contribution in [0.15, 0.2) is 16.6 Å². The molecule has 1 N–H and O–H groups in total. The molecule has 0 aliphatic carbocycles. The Hall–Kier alpha value is -0.430. The highest BCUT2D eigenvalue weighted by Gasteiger charge is 2.28. The molecule has 102 valence electrons. The Kier molecular flexibility index (Phi) is 3.93. The molecule has 0 saturated carbocycles. The van der Waals surface area contributed by atoms with Crippen molar-refractivity contribution in [1.82, 2.24) is 0 Å². The van der Waals surface area contributed by atoms with E-state index in [0.29, 0.717) is 26.2 Å². The van der Waals surface area contributed by atoms with Crippen molar-refractivity contribution < 1.29 is 14.3 Å². The van der Waals surface area contributed by atoms with Crippen LogP contribution in [-0.4, -0.2) is 31.8 Å². The molecule has 2 aliphatic heterocycles. The highest BCUT2D eigenvalue weighted by Crippen LogP contribution is 2.39. The van der Waals surface area contributed by atoms with Crippen LogP contribution in [0.1, 0.15) is 16.0 Å². The standard InChI is InChI=1S/C13H13Br2NO3/c14-9-5-10-7(4-12(17)16-10)3-8(9)13(15)11-6-18-1-2-19-11/h3,5,11,13H,1-2,4,6H2,(H,16,17). The molecule has 2 atom stereocenters. The summed E-state index contributed by atoms with van der Waals surface area (Å²) < 4.78 is 12.1. The van der Waals surface area contributed by atoms with Crippen molar-refractivity contribution in [3.63, 3.8) is 0 Å². The second-order valence-electron chi connectivity index (χ2n) is 4.64. The highest BCUT2D eigenvalue weighted by molar-refractivity contribution is 9.11. The lowest BCUT2D eigenvalue weighted by atomic mass is 10.0. The molecular formula is C13H13Br2NO3. The Morgan fingerprint density at radius 3 is 2.95 bits per heavy atom. The molecule has 3 rings (SSSR count). The molecule has 2 unspecified atom stereocenters. The smallest absolute Gasteiger partial charge is 0.228 e. The molecule has 2 heterocycles. The zero-order valence-corrected chi connectivity index (χ0v) is 13.3. The molecule has 19 heavy (non-hydrogen) atoms. The van der Waals surface area contributed by atoms with E-state index in [2.05, 4.69) is 43.2 Å². The van der Waals surface area contributed by atoms with E-state index in [-0.39, 0.29) is 16.8 Å². The van der Waals surface area contributed by atoms with Gasteiger partial charge in [-0.2, -0.15) is 0 Å². The largest absolute Gasteiger partial charge is 0.376 e. The molecule has 2 aliphatic rings. The minimum absolute atomic E-state index is 0.00633. The Labute approximate surface area is 128 Å². The Bertz CT molecular complexity index is 515. The molecule has 6 heteroatoms. The third-order valence-corrected chi connectivity index (χ3v) is 5.08. The van der Waals surface area contributed by atoms with Gasteiger partial charge in [-0.15, -0.1) is 0 Å². The Morgan fingerprint density at radius 2 is 2.21 bits per heavy atom. The Morgan fingerprint density at radius 1 is 1.37 bits per heavy atom. The topological polar surface area (TPSA) is 47.6 Å². The summed E-state index contributed by atoms with van der Waals surface area (Å²) in [5.74, 6) is 0.0439. The number of nitrogens with one attached hydrogen (secondary N) is 1. The van der Waals surface area contributed by atoms with Crippen molar-refractivity contribution in [3.8, 4) is 0 Å². The van der Waals surface area contributed by atoms with Gasteiger partial charge in [-0.3, -0.25) is 4.79 Å². The number of carbonyl (C=O) groups excluding carboxylic acids is 1. The lowest BCUT2D eigenvalue weighted by molar-refractivity contribution is -0.115. The number of hydrogen-bond acceptors (Lipinski definition) is 3. The van der Waals surface area contributed by atoms with Crippen LogP contribution in [0, 0.1) is 0 Å². The lowest BCUT2D eigenvalue weighted by Gasteiger charge is -2.28. The number of amides is 1. The van der Waals surface area contributed by atoms with E-state index < -0.39 is 0 Å². The molecule has 1 aromatic rings. The van der Waals surface area contributed by atoms with Gasteiger partial charge in [0.25, 0.3) is 0 Å². The van der Waals surface area contributed by atoms with E-state index >= 15 is 0 Å². The summed E-state index contributed by atoms with van der Waals surface area (Å²) >= 11 is 7.24. The van der Waals surface area contributed by atoms with Crippen molar-refractivity contribution in [1.29, 1.82) is 0 Å². The fourth-order valence-corrected chi connectivity index (χ4v) is 3.93. The minimum Gasteiger partial charge on any atom is -0.376 e. The summed E-state index contributed by atoms with van der Waals surface area (Å²) in [5, 5.41) is 2.84. The van der Waals surface area contributed by atoms with E-state index in [1.54, 1.807) is 0 Å². The molecule has 0 radical (unpaired) electrons. The van der Waals surface area contributed by atoms with Crippen molar-refractivity contribution >= 4 is 43.5 Å². The van der Waals surface area contributed by atoms with Gasteiger partial charge in [0, 0.05) is 10.2 Å². The van der Waals surface area contributed by atoms with Crippen LogP contribution >= 0.6 is 31.9 Å². The molecular weight excluding hydrogens is 378 g/mol. The molecule has 1 saturated heterocycles. The van der Waals surface area contributed by atoms with Crippen molar-refractivity contribution in [3.05, 3.63) is 27.7 Å². The maximum absolute atomic E-state index is 11.4. The fourth-order valence-electron chi connectivity index (χ4n) is 2.35. The summed E-state index contributed by atoms with van der Waals surface area (Å²) in [6.07, 6.45) is 0.435. The summed E-state index contributed by atoms with van der Waals surface area (Å²) in [6.45, 7) is 1.85. The van der Waals surface area contributed by atoms with Crippen LogP contribution in [-0.2, 0) is 20.7 Å². The molecule has 1 amide bonds. The summed E-state index contributed by atoms with van der Waals surface area (Å²) in [6, 6.07) is 4.00. The first-order valence-electron chi connectivity index (χ1n) is 6.11. The quantitative estimate of drug-likeness (QED) is 0.790. The predicted octanol–water partition coefficient (Wildman–Crippen LogP) is 2.80. The molecule has 0 spiro atoms. The van der Waals surface area contributed by atoms with Gasteiger partial charge in [-0.05, 0) is 17.2 Å². The van der Waals surface area contributed by atoms with Crippen LogP contribution in [0.4, 0.5) is 5.69 Å². The predicted molar refractivity (Wildman–Crippen MR) is 78.7 cm³/mol. The number of benzene rings is 1. The number of rotatable bonds is 2. The fraction of sp³-hybridized carbons (Fsp3) is 0.462. The zero-order valence-electron chi connectivity index (χ0n) is 10.1.